The van der Waals surface area contributed by atoms with Gasteiger partial charge in [-0.2, -0.15) is 0 Å². The van der Waals surface area contributed by atoms with Gasteiger partial charge < -0.3 is 15.4 Å². The third-order valence-corrected chi connectivity index (χ3v) is 3.33. The molecule has 0 bridgehead atoms. The van der Waals surface area contributed by atoms with Crippen molar-refractivity contribution in [2.24, 2.45) is 5.73 Å². The maximum absolute atomic E-state index is 12.1. The van der Waals surface area contributed by atoms with E-state index < -0.39 is 0 Å². The summed E-state index contributed by atoms with van der Waals surface area (Å²) in [7, 11) is 1.65. The molecule has 0 radical (unpaired) electrons. The number of rotatable bonds is 6. The van der Waals surface area contributed by atoms with E-state index in [9.17, 15) is 4.79 Å². The monoisotopic (exact) mass is 228 g/mol. The van der Waals surface area contributed by atoms with Crippen LogP contribution < -0.4 is 5.73 Å². The normalized spacial score (nSPS) is 18.3. The molecule has 1 aliphatic carbocycles. The summed E-state index contributed by atoms with van der Waals surface area (Å²) in [6.07, 6.45) is 3.60. The molecule has 1 aliphatic rings. The summed E-state index contributed by atoms with van der Waals surface area (Å²) in [5.74, 6) is 0.161. The number of ether oxygens (including phenoxy) is 1. The van der Waals surface area contributed by atoms with Crippen LogP contribution in [0, 0.1) is 0 Å². The zero-order valence-corrected chi connectivity index (χ0v) is 10.7. The molecule has 4 nitrogen and oxygen atoms in total. The molecule has 0 aromatic carbocycles. The molecule has 1 rings (SSSR count). The fraction of sp³-hybridized carbons (Fsp3) is 0.917. The van der Waals surface area contributed by atoms with Crippen molar-refractivity contribution >= 4 is 5.91 Å². The average molecular weight is 228 g/mol. The molecule has 0 spiro atoms. The molecule has 0 heterocycles. The molecule has 2 N–H and O–H groups in total. The Morgan fingerprint density at radius 2 is 2.12 bits per heavy atom. The maximum Gasteiger partial charge on any atom is 0.224 e. The molecule has 1 amide bonds. The number of methoxy groups -OCH3 is 1. The molecule has 0 aliphatic heterocycles. The molecule has 0 aromatic heterocycles. The number of carbonyl (C=O) groups is 1. The van der Waals surface area contributed by atoms with Crippen molar-refractivity contribution in [1.82, 2.24) is 4.90 Å². The van der Waals surface area contributed by atoms with Gasteiger partial charge in [-0.1, -0.05) is 0 Å². The standard InChI is InChI=1S/C12H24N2O2/c1-10(2)14(7-8-16-3)11(15)9-12(13)5-4-6-12/h10H,4-9,13H2,1-3H3. The minimum Gasteiger partial charge on any atom is -0.383 e. The van der Waals surface area contributed by atoms with E-state index in [0.717, 1.165) is 19.3 Å². The Hall–Kier alpha value is -0.610. The number of amides is 1. The zero-order valence-electron chi connectivity index (χ0n) is 10.7. The second-order valence-electron chi connectivity index (χ2n) is 5.07. The third kappa shape index (κ3) is 3.46. The topological polar surface area (TPSA) is 55.6 Å². The van der Waals surface area contributed by atoms with Crippen molar-refractivity contribution in [1.29, 1.82) is 0 Å². The summed E-state index contributed by atoms with van der Waals surface area (Å²) < 4.78 is 5.02. The molecule has 4 heteroatoms. The largest absolute Gasteiger partial charge is 0.383 e. The molecule has 0 saturated heterocycles. The summed E-state index contributed by atoms with van der Waals surface area (Å²) in [4.78, 5) is 13.9. The van der Waals surface area contributed by atoms with Crippen molar-refractivity contribution in [3.63, 3.8) is 0 Å². The Balaban J connectivity index is 2.46. The molecule has 1 saturated carbocycles. The van der Waals surface area contributed by atoms with Crippen LogP contribution in [0.4, 0.5) is 0 Å². The zero-order chi connectivity index (χ0) is 12.2. The van der Waals surface area contributed by atoms with Gasteiger partial charge in [0.2, 0.25) is 5.91 Å². The van der Waals surface area contributed by atoms with Crippen molar-refractivity contribution in [3.8, 4) is 0 Å². The van der Waals surface area contributed by atoms with Crippen LogP contribution in [-0.4, -0.2) is 42.6 Å². The van der Waals surface area contributed by atoms with Crippen LogP contribution in [0.25, 0.3) is 0 Å². The van der Waals surface area contributed by atoms with E-state index in [1.165, 1.54) is 0 Å². The predicted molar refractivity (Wildman–Crippen MR) is 64.1 cm³/mol. The van der Waals surface area contributed by atoms with Crippen molar-refractivity contribution in [2.45, 2.75) is 51.1 Å². The lowest BCUT2D eigenvalue weighted by Gasteiger charge is -2.39. The quantitative estimate of drug-likeness (QED) is 0.741. The molecular formula is C12H24N2O2. The number of nitrogens with zero attached hydrogens (tertiary/aromatic N) is 1. The molecule has 94 valence electrons. The van der Waals surface area contributed by atoms with Gasteiger partial charge in [-0.3, -0.25) is 4.79 Å². The smallest absolute Gasteiger partial charge is 0.224 e. The molecule has 0 aromatic rings. The van der Waals surface area contributed by atoms with E-state index >= 15 is 0 Å². The first-order valence-electron chi connectivity index (χ1n) is 6.06. The highest BCUT2D eigenvalue weighted by molar-refractivity contribution is 5.78. The van der Waals surface area contributed by atoms with E-state index in [4.69, 9.17) is 10.5 Å². The highest BCUT2D eigenvalue weighted by atomic mass is 16.5. The van der Waals surface area contributed by atoms with E-state index in [0.29, 0.717) is 19.6 Å². The number of hydrogen-bond donors (Lipinski definition) is 1. The Labute approximate surface area is 98.1 Å². The molecule has 1 fully saturated rings. The Morgan fingerprint density at radius 1 is 1.50 bits per heavy atom. The Kier molecular flexibility index (Phi) is 4.74. The van der Waals surface area contributed by atoms with E-state index in [2.05, 4.69) is 0 Å². The summed E-state index contributed by atoms with van der Waals surface area (Å²) in [6.45, 7) is 5.29. The lowest BCUT2D eigenvalue weighted by atomic mass is 9.75. The average Bonchev–Trinajstić information content (AvgIpc) is 2.15. The van der Waals surface area contributed by atoms with Gasteiger partial charge in [0.15, 0.2) is 0 Å². The first kappa shape index (κ1) is 13.5. The summed E-state index contributed by atoms with van der Waals surface area (Å²) >= 11 is 0. The summed E-state index contributed by atoms with van der Waals surface area (Å²) in [6, 6.07) is 0.214. The van der Waals surface area contributed by atoms with Gasteiger partial charge in [0.1, 0.15) is 0 Å². The van der Waals surface area contributed by atoms with Crippen LogP contribution in [0.3, 0.4) is 0 Å². The molecule has 0 atom stereocenters. The van der Waals surface area contributed by atoms with Gasteiger partial charge in [0.05, 0.1) is 6.61 Å². The molecule has 16 heavy (non-hydrogen) atoms. The summed E-state index contributed by atoms with van der Waals surface area (Å²) in [5.41, 5.74) is 5.87. The lowest BCUT2D eigenvalue weighted by Crippen LogP contribution is -2.52. The lowest BCUT2D eigenvalue weighted by molar-refractivity contribution is -0.135. The second-order valence-corrected chi connectivity index (χ2v) is 5.07. The predicted octanol–water partition coefficient (Wildman–Crippen LogP) is 1.14. The van der Waals surface area contributed by atoms with Crippen LogP contribution >= 0.6 is 0 Å². The van der Waals surface area contributed by atoms with E-state index in [1.54, 1.807) is 7.11 Å². The molecule has 0 unspecified atom stereocenters. The summed E-state index contributed by atoms with van der Waals surface area (Å²) in [5, 5.41) is 0. The van der Waals surface area contributed by atoms with Crippen LogP contribution in [0.5, 0.6) is 0 Å². The maximum atomic E-state index is 12.1. The first-order valence-corrected chi connectivity index (χ1v) is 6.06. The number of nitrogens with two attached hydrogens (primary N) is 1. The third-order valence-electron chi connectivity index (χ3n) is 3.33. The van der Waals surface area contributed by atoms with Gasteiger partial charge in [-0.15, -0.1) is 0 Å². The first-order chi connectivity index (χ1) is 7.48. The highest BCUT2D eigenvalue weighted by Crippen LogP contribution is 2.32. The van der Waals surface area contributed by atoms with Gasteiger partial charge in [0, 0.05) is 31.7 Å². The molecular weight excluding hydrogens is 204 g/mol. The fourth-order valence-corrected chi connectivity index (χ4v) is 2.07. The Morgan fingerprint density at radius 3 is 2.50 bits per heavy atom. The second kappa shape index (κ2) is 5.64. The SMILES string of the molecule is COCCN(C(=O)CC1(N)CCC1)C(C)C. The van der Waals surface area contributed by atoms with Crippen molar-refractivity contribution in [2.75, 3.05) is 20.3 Å². The van der Waals surface area contributed by atoms with Crippen LogP contribution in [-0.2, 0) is 9.53 Å². The van der Waals surface area contributed by atoms with Crippen molar-refractivity contribution < 1.29 is 9.53 Å². The van der Waals surface area contributed by atoms with Gasteiger partial charge in [0.25, 0.3) is 0 Å². The number of carbonyl (C=O) groups excluding carboxylic acids is 1. The Bertz CT molecular complexity index is 237. The van der Waals surface area contributed by atoms with Crippen LogP contribution in [0.2, 0.25) is 0 Å². The van der Waals surface area contributed by atoms with Crippen LogP contribution in [0.1, 0.15) is 39.5 Å². The van der Waals surface area contributed by atoms with E-state index in [1.807, 2.05) is 18.7 Å². The van der Waals surface area contributed by atoms with Crippen LogP contribution in [0.15, 0.2) is 0 Å². The minimum absolute atomic E-state index is 0.161. The number of hydrogen-bond acceptors (Lipinski definition) is 3. The van der Waals surface area contributed by atoms with Gasteiger partial charge >= 0.3 is 0 Å². The van der Waals surface area contributed by atoms with E-state index in [-0.39, 0.29) is 17.5 Å². The fourth-order valence-electron chi connectivity index (χ4n) is 2.07. The highest BCUT2D eigenvalue weighted by Gasteiger charge is 2.36. The van der Waals surface area contributed by atoms with Gasteiger partial charge in [-0.25, -0.2) is 0 Å². The van der Waals surface area contributed by atoms with Crippen molar-refractivity contribution in [3.05, 3.63) is 0 Å². The van der Waals surface area contributed by atoms with Gasteiger partial charge in [-0.05, 0) is 33.1 Å². The minimum atomic E-state index is -0.225.